The van der Waals surface area contributed by atoms with Crippen molar-refractivity contribution in [3.63, 3.8) is 0 Å². The summed E-state index contributed by atoms with van der Waals surface area (Å²) in [5.41, 5.74) is 4.33. The van der Waals surface area contributed by atoms with Gasteiger partial charge in [0.05, 0.1) is 12.9 Å². The number of hydrogen-bond acceptors (Lipinski definition) is 9. The number of aryl methyl sites for hydroxylation is 1. The maximum Gasteiger partial charge on any atom is 0.247 e. The standard InChI is InChI=1S/C20H19N5O2S2/c1-12-5-4-6-16(13(12)2)21-19-24-25-20(29-19)28-11-17-22-23-18(27-17)14-7-9-15(26-3)10-8-14/h4-10H,11H2,1-3H3,(H,21,24). The molecule has 4 aromatic rings. The first-order valence-electron chi connectivity index (χ1n) is 8.89. The van der Waals surface area contributed by atoms with Crippen LogP contribution in [0.1, 0.15) is 17.0 Å². The molecule has 0 spiro atoms. The molecule has 29 heavy (non-hydrogen) atoms. The molecule has 0 fully saturated rings. The van der Waals surface area contributed by atoms with Gasteiger partial charge in [0, 0.05) is 11.3 Å². The number of benzene rings is 2. The Morgan fingerprint density at radius 2 is 1.86 bits per heavy atom. The van der Waals surface area contributed by atoms with Gasteiger partial charge in [0.15, 0.2) is 4.34 Å². The van der Waals surface area contributed by atoms with Gasteiger partial charge in [-0.2, -0.15) is 0 Å². The summed E-state index contributed by atoms with van der Waals surface area (Å²) < 4.78 is 11.8. The fourth-order valence-corrected chi connectivity index (χ4v) is 4.21. The highest BCUT2D eigenvalue weighted by Crippen LogP contribution is 2.31. The van der Waals surface area contributed by atoms with Crippen LogP contribution >= 0.6 is 23.1 Å². The summed E-state index contributed by atoms with van der Waals surface area (Å²) in [6.45, 7) is 4.18. The second-order valence-electron chi connectivity index (χ2n) is 6.26. The molecule has 148 valence electrons. The van der Waals surface area contributed by atoms with Crippen molar-refractivity contribution in [2.24, 2.45) is 0 Å². The lowest BCUT2D eigenvalue weighted by atomic mass is 10.1. The number of anilines is 2. The summed E-state index contributed by atoms with van der Waals surface area (Å²) >= 11 is 3.01. The zero-order chi connectivity index (χ0) is 20.2. The van der Waals surface area contributed by atoms with Crippen molar-refractivity contribution in [1.82, 2.24) is 20.4 Å². The van der Waals surface area contributed by atoms with Gasteiger partial charge in [-0.3, -0.25) is 0 Å². The van der Waals surface area contributed by atoms with E-state index < -0.39 is 0 Å². The van der Waals surface area contributed by atoms with Crippen LogP contribution < -0.4 is 10.1 Å². The molecule has 2 aromatic heterocycles. The van der Waals surface area contributed by atoms with Crippen LogP contribution in [0.2, 0.25) is 0 Å². The minimum atomic E-state index is 0.484. The number of aromatic nitrogens is 4. The lowest BCUT2D eigenvalue weighted by Gasteiger charge is -2.08. The number of rotatable bonds is 7. The first-order chi connectivity index (χ1) is 14.1. The average Bonchev–Trinajstić information content (AvgIpc) is 3.39. The summed E-state index contributed by atoms with van der Waals surface area (Å²) in [6, 6.07) is 13.7. The van der Waals surface area contributed by atoms with E-state index in [-0.39, 0.29) is 0 Å². The van der Waals surface area contributed by atoms with Gasteiger partial charge in [-0.25, -0.2) is 0 Å². The van der Waals surface area contributed by atoms with Gasteiger partial charge in [-0.05, 0) is 55.3 Å². The first-order valence-corrected chi connectivity index (χ1v) is 10.7. The van der Waals surface area contributed by atoms with Crippen molar-refractivity contribution < 1.29 is 9.15 Å². The van der Waals surface area contributed by atoms with E-state index >= 15 is 0 Å². The largest absolute Gasteiger partial charge is 0.497 e. The van der Waals surface area contributed by atoms with E-state index in [9.17, 15) is 0 Å². The van der Waals surface area contributed by atoms with E-state index in [1.165, 1.54) is 34.2 Å². The normalized spacial score (nSPS) is 10.9. The van der Waals surface area contributed by atoms with E-state index in [0.29, 0.717) is 17.5 Å². The summed E-state index contributed by atoms with van der Waals surface area (Å²) in [7, 11) is 1.63. The Morgan fingerprint density at radius 1 is 1.03 bits per heavy atom. The number of thioether (sulfide) groups is 1. The van der Waals surface area contributed by atoms with Crippen LogP contribution in [-0.2, 0) is 5.75 Å². The van der Waals surface area contributed by atoms with Crippen molar-refractivity contribution in [2.45, 2.75) is 23.9 Å². The molecule has 0 aliphatic heterocycles. The fourth-order valence-electron chi connectivity index (χ4n) is 2.61. The number of ether oxygens (including phenoxy) is 1. The molecule has 0 atom stereocenters. The number of methoxy groups -OCH3 is 1. The van der Waals surface area contributed by atoms with Crippen LogP contribution in [-0.4, -0.2) is 27.5 Å². The third-order valence-electron chi connectivity index (χ3n) is 4.38. The first kappa shape index (κ1) is 19.4. The smallest absolute Gasteiger partial charge is 0.247 e. The summed E-state index contributed by atoms with van der Waals surface area (Å²) in [6.07, 6.45) is 0. The Kier molecular flexibility index (Phi) is 5.77. The van der Waals surface area contributed by atoms with Crippen LogP contribution in [0.4, 0.5) is 10.8 Å². The Morgan fingerprint density at radius 3 is 2.66 bits per heavy atom. The Hall–Kier alpha value is -2.91. The zero-order valence-electron chi connectivity index (χ0n) is 16.2. The van der Waals surface area contributed by atoms with Gasteiger partial charge in [0.25, 0.3) is 0 Å². The molecule has 1 N–H and O–H groups in total. The SMILES string of the molecule is COc1ccc(-c2nnc(CSc3nnc(Nc4cccc(C)c4C)s3)o2)cc1. The molecule has 0 aliphatic carbocycles. The van der Waals surface area contributed by atoms with E-state index in [1.54, 1.807) is 7.11 Å². The quantitative estimate of drug-likeness (QED) is 0.402. The third kappa shape index (κ3) is 4.57. The molecule has 0 radical (unpaired) electrons. The van der Waals surface area contributed by atoms with E-state index in [0.717, 1.165) is 26.5 Å². The van der Waals surface area contributed by atoms with E-state index in [4.69, 9.17) is 9.15 Å². The van der Waals surface area contributed by atoms with Crippen molar-refractivity contribution in [2.75, 3.05) is 12.4 Å². The lowest BCUT2D eigenvalue weighted by molar-refractivity contribution is 0.415. The van der Waals surface area contributed by atoms with Gasteiger partial charge in [-0.15, -0.1) is 20.4 Å². The molecule has 0 amide bonds. The van der Waals surface area contributed by atoms with Crippen molar-refractivity contribution in [3.05, 3.63) is 59.5 Å². The maximum atomic E-state index is 5.75. The average molecular weight is 426 g/mol. The Bertz CT molecular complexity index is 1110. The topological polar surface area (TPSA) is 86.0 Å². The molecule has 4 rings (SSSR count). The van der Waals surface area contributed by atoms with Gasteiger partial charge in [0.2, 0.25) is 16.9 Å². The minimum absolute atomic E-state index is 0.484. The second kappa shape index (κ2) is 8.62. The van der Waals surface area contributed by atoms with E-state index in [2.05, 4.69) is 45.6 Å². The highest BCUT2D eigenvalue weighted by atomic mass is 32.2. The maximum absolute atomic E-state index is 5.75. The summed E-state index contributed by atoms with van der Waals surface area (Å²) in [5.74, 6) is 2.34. The zero-order valence-corrected chi connectivity index (χ0v) is 17.8. The lowest BCUT2D eigenvalue weighted by Crippen LogP contribution is -1.94. The molecule has 2 heterocycles. The van der Waals surface area contributed by atoms with Crippen LogP contribution in [0.15, 0.2) is 51.2 Å². The van der Waals surface area contributed by atoms with Crippen LogP contribution in [0.25, 0.3) is 11.5 Å². The van der Waals surface area contributed by atoms with Crippen LogP contribution in [0.5, 0.6) is 5.75 Å². The highest BCUT2D eigenvalue weighted by Gasteiger charge is 2.12. The monoisotopic (exact) mass is 425 g/mol. The number of hydrogen-bond donors (Lipinski definition) is 1. The van der Waals surface area contributed by atoms with Crippen molar-refractivity contribution >= 4 is 33.9 Å². The molecule has 0 unspecified atom stereocenters. The second-order valence-corrected chi connectivity index (χ2v) is 8.46. The van der Waals surface area contributed by atoms with Crippen molar-refractivity contribution in [3.8, 4) is 17.2 Å². The predicted octanol–water partition coefficient (Wildman–Crippen LogP) is 5.25. The van der Waals surface area contributed by atoms with Gasteiger partial charge < -0.3 is 14.5 Å². The summed E-state index contributed by atoms with van der Waals surface area (Å²) in [5, 5.41) is 20.8. The fraction of sp³-hybridized carbons (Fsp3) is 0.200. The van der Waals surface area contributed by atoms with Gasteiger partial charge >= 0.3 is 0 Å². The molecular formula is C20H19N5O2S2. The van der Waals surface area contributed by atoms with Gasteiger partial charge in [-0.1, -0.05) is 35.2 Å². The molecule has 2 aromatic carbocycles. The molecule has 0 saturated carbocycles. The molecule has 0 saturated heterocycles. The molecular weight excluding hydrogens is 406 g/mol. The van der Waals surface area contributed by atoms with Crippen molar-refractivity contribution in [1.29, 1.82) is 0 Å². The molecule has 7 nitrogen and oxygen atoms in total. The number of nitrogens with one attached hydrogen (secondary N) is 1. The molecule has 0 bridgehead atoms. The molecule has 0 aliphatic rings. The minimum Gasteiger partial charge on any atom is -0.497 e. The Labute approximate surface area is 176 Å². The highest BCUT2D eigenvalue weighted by molar-refractivity contribution is 8.00. The van der Waals surface area contributed by atoms with Gasteiger partial charge in [0.1, 0.15) is 5.75 Å². The predicted molar refractivity (Wildman–Crippen MR) is 115 cm³/mol. The van der Waals surface area contributed by atoms with E-state index in [1.807, 2.05) is 36.4 Å². The van der Waals surface area contributed by atoms with Crippen LogP contribution in [0, 0.1) is 13.8 Å². The Balaban J connectivity index is 1.37. The van der Waals surface area contributed by atoms with Crippen LogP contribution in [0.3, 0.4) is 0 Å². The number of nitrogens with zero attached hydrogens (tertiary/aromatic N) is 4. The summed E-state index contributed by atoms with van der Waals surface area (Å²) in [4.78, 5) is 0. The molecule has 9 heteroatoms. The third-order valence-corrected chi connectivity index (χ3v) is 6.33.